The van der Waals surface area contributed by atoms with E-state index in [9.17, 15) is 0 Å². The third kappa shape index (κ3) is 1.49. The van der Waals surface area contributed by atoms with Crippen molar-refractivity contribution in [2.75, 3.05) is 6.54 Å². The summed E-state index contributed by atoms with van der Waals surface area (Å²) in [5, 5.41) is 6.56. The third-order valence-corrected chi connectivity index (χ3v) is 1.75. The first-order valence-electron chi connectivity index (χ1n) is 3.82. The third-order valence-electron chi connectivity index (χ3n) is 1.75. The molecule has 0 fully saturated rings. The monoisotopic (exact) mass is 140 g/mol. The predicted molar refractivity (Wildman–Crippen MR) is 44.2 cm³/mol. The number of hydrazone groups is 1. The van der Waals surface area contributed by atoms with Crippen LogP contribution in [0.15, 0.2) is 5.10 Å². The van der Waals surface area contributed by atoms with E-state index in [2.05, 4.69) is 37.8 Å². The summed E-state index contributed by atoms with van der Waals surface area (Å²) in [5.41, 5.74) is 1.47. The van der Waals surface area contributed by atoms with E-state index in [1.807, 2.05) is 0 Å². The highest BCUT2D eigenvalue weighted by Gasteiger charge is 2.22. The summed E-state index contributed by atoms with van der Waals surface area (Å²) in [6.07, 6.45) is 1.14. The van der Waals surface area contributed by atoms with E-state index >= 15 is 0 Å². The van der Waals surface area contributed by atoms with Crippen LogP contribution in [-0.4, -0.2) is 22.8 Å². The first-order chi connectivity index (χ1) is 4.50. The molecule has 1 heterocycles. The van der Waals surface area contributed by atoms with Crippen LogP contribution in [0.4, 0.5) is 0 Å². The Morgan fingerprint density at radius 2 is 2.00 bits per heavy atom. The van der Waals surface area contributed by atoms with E-state index in [1.54, 1.807) is 0 Å². The van der Waals surface area contributed by atoms with Crippen molar-refractivity contribution in [3.63, 3.8) is 0 Å². The summed E-state index contributed by atoms with van der Waals surface area (Å²) in [4.78, 5) is 0. The van der Waals surface area contributed by atoms with Crippen LogP contribution in [0.5, 0.6) is 0 Å². The molecule has 10 heavy (non-hydrogen) atoms. The Balaban J connectivity index is 2.61. The van der Waals surface area contributed by atoms with Crippen LogP contribution >= 0.6 is 0 Å². The molecular formula is C8H16N2. The van der Waals surface area contributed by atoms with Crippen molar-refractivity contribution in [2.45, 2.75) is 39.7 Å². The zero-order valence-electron chi connectivity index (χ0n) is 7.31. The number of hydrogen-bond acceptors (Lipinski definition) is 2. The van der Waals surface area contributed by atoms with Crippen molar-refractivity contribution in [2.24, 2.45) is 5.10 Å². The molecule has 1 aliphatic heterocycles. The molecule has 2 nitrogen and oxygen atoms in total. The molecular weight excluding hydrogens is 124 g/mol. The minimum Gasteiger partial charge on any atom is -0.291 e. The number of hydrogen-bond donors (Lipinski definition) is 0. The van der Waals surface area contributed by atoms with Crippen molar-refractivity contribution in [3.05, 3.63) is 0 Å². The maximum absolute atomic E-state index is 4.41. The molecule has 1 aliphatic rings. The van der Waals surface area contributed by atoms with Gasteiger partial charge >= 0.3 is 0 Å². The van der Waals surface area contributed by atoms with Crippen molar-refractivity contribution < 1.29 is 0 Å². The first-order valence-corrected chi connectivity index (χ1v) is 3.82. The SMILES string of the molecule is CC1=NN(C(C)(C)C)CC1. The minimum atomic E-state index is 0.206. The standard InChI is InChI=1S/C8H16N2/c1-7-5-6-10(9-7)8(2,3)4/h5-6H2,1-4H3. The van der Waals surface area contributed by atoms with Crippen molar-refractivity contribution in [3.8, 4) is 0 Å². The van der Waals surface area contributed by atoms with E-state index in [-0.39, 0.29) is 5.54 Å². The molecule has 0 radical (unpaired) electrons. The van der Waals surface area contributed by atoms with Crippen molar-refractivity contribution >= 4 is 5.71 Å². The predicted octanol–water partition coefficient (Wildman–Crippen LogP) is 1.87. The fourth-order valence-electron chi connectivity index (χ4n) is 1.06. The van der Waals surface area contributed by atoms with E-state index in [0.29, 0.717) is 0 Å². The van der Waals surface area contributed by atoms with Crippen LogP contribution in [0, 0.1) is 0 Å². The molecule has 0 N–H and O–H groups in total. The van der Waals surface area contributed by atoms with Crippen LogP contribution in [0.25, 0.3) is 0 Å². The largest absolute Gasteiger partial charge is 0.291 e. The highest BCUT2D eigenvalue weighted by Crippen LogP contribution is 2.18. The molecule has 0 aromatic rings. The Kier molecular flexibility index (Phi) is 1.71. The molecule has 0 amide bonds. The Morgan fingerprint density at radius 3 is 2.20 bits per heavy atom. The molecule has 0 atom stereocenters. The zero-order valence-corrected chi connectivity index (χ0v) is 7.31. The average molecular weight is 140 g/mol. The zero-order chi connectivity index (χ0) is 7.78. The normalized spacial score (nSPS) is 19.6. The van der Waals surface area contributed by atoms with E-state index in [1.165, 1.54) is 5.71 Å². The minimum absolute atomic E-state index is 0.206. The number of nitrogens with zero attached hydrogens (tertiary/aromatic N) is 2. The van der Waals surface area contributed by atoms with E-state index in [4.69, 9.17) is 0 Å². The molecule has 0 saturated heterocycles. The summed E-state index contributed by atoms with van der Waals surface area (Å²) in [6.45, 7) is 9.75. The molecule has 0 spiro atoms. The topological polar surface area (TPSA) is 15.6 Å². The molecule has 0 aromatic heterocycles. The van der Waals surface area contributed by atoms with Gasteiger partial charge in [-0.2, -0.15) is 5.10 Å². The molecule has 58 valence electrons. The molecule has 1 rings (SSSR count). The van der Waals surface area contributed by atoms with Crippen molar-refractivity contribution in [1.29, 1.82) is 0 Å². The van der Waals surface area contributed by atoms with Gasteiger partial charge in [0.05, 0.1) is 0 Å². The van der Waals surface area contributed by atoms with Crippen LogP contribution in [0.2, 0.25) is 0 Å². The van der Waals surface area contributed by atoms with Gasteiger partial charge in [0.25, 0.3) is 0 Å². The average Bonchev–Trinajstić information content (AvgIpc) is 2.11. The summed E-state index contributed by atoms with van der Waals surface area (Å²) in [5.74, 6) is 0. The second-order valence-electron chi connectivity index (χ2n) is 3.88. The van der Waals surface area contributed by atoms with Crippen LogP contribution < -0.4 is 0 Å². The van der Waals surface area contributed by atoms with Gasteiger partial charge in [-0.05, 0) is 27.7 Å². The second kappa shape index (κ2) is 2.26. The van der Waals surface area contributed by atoms with Gasteiger partial charge in [-0.25, -0.2) is 0 Å². The van der Waals surface area contributed by atoms with Gasteiger partial charge in [0.1, 0.15) is 0 Å². The van der Waals surface area contributed by atoms with Gasteiger partial charge in [-0.15, -0.1) is 0 Å². The molecule has 0 saturated carbocycles. The Morgan fingerprint density at radius 1 is 1.40 bits per heavy atom. The quantitative estimate of drug-likeness (QED) is 0.501. The summed E-state index contributed by atoms with van der Waals surface area (Å²) < 4.78 is 0. The molecule has 2 heteroatoms. The van der Waals surface area contributed by atoms with E-state index < -0.39 is 0 Å². The van der Waals surface area contributed by atoms with Gasteiger partial charge in [0, 0.05) is 24.2 Å². The Hall–Kier alpha value is -0.530. The van der Waals surface area contributed by atoms with Gasteiger partial charge in [-0.1, -0.05) is 0 Å². The lowest BCUT2D eigenvalue weighted by atomic mass is 10.1. The maximum Gasteiger partial charge on any atom is 0.0495 e. The fraction of sp³-hybridized carbons (Fsp3) is 0.875. The first kappa shape index (κ1) is 7.58. The molecule has 0 aliphatic carbocycles. The highest BCUT2D eigenvalue weighted by molar-refractivity contribution is 5.83. The summed E-state index contributed by atoms with van der Waals surface area (Å²) in [6, 6.07) is 0. The Labute approximate surface area is 62.9 Å². The van der Waals surface area contributed by atoms with Gasteiger partial charge in [-0.3, -0.25) is 5.01 Å². The lowest BCUT2D eigenvalue weighted by Crippen LogP contribution is -2.35. The van der Waals surface area contributed by atoms with E-state index in [0.717, 1.165) is 13.0 Å². The molecule has 0 aromatic carbocycles. The smallest absolute Gasteiger partial charge is 0.0495 e. The lowest BCUT2D eigenvalue weighted by molar-refractivity contribution is 0.160. The summed E-state index contributed by atoms with van der Waals surface area (Å²) >= 11 is 0. The van der Waals surface area contributed by atoms with Crippen molar-refractivity contribution in [1.82, 2.24) is 5.01 Å². The second-order valence-corrected chi connectivity index (χ2v) is 3.88. The van der Waals surface area contributed by atoms with Crippen LogP contribution in [0.3, 0.4) is 0 Å². The number of rotatable bonds is 0. The lowest BCUT2D eigenvalue weighted by Gasteiger charge is -2.29. The van der Waals surface area contributed by atoms with Gasteiger partial charge < -0.3 is 0 Å². The highest BCUT2D eigenvalue weighted by atomic mass is 15.5. The van der Waals surface area contributed by atoms with Crippen LogP contribution in [0.1, 0.15) is 34.1 Å². The molecule has 0 unspecified atom stereocenters. The summed E-state index contributed by atoms with van der Waals surface area (Å²) in [7, 11) is 0. The fourth-order valence-corrected chi connectivity index (χ4v) is 1.06. The van der Waals surface area contributed by atoms with Crippen LogP contribution in [-0.2, 0) is 0 Å². The van der Waals surface area contributed by atoms with Gasteiger partial charge in [0.2, 0.25) is 0 Å². The Bertz CT molecular complexity index is 153. The maximum atomic E-state index is 4.41. The molecule has 0 bridgehead atoms. The van der Waals surface area contributed by atoms with Gasteiger partial charge in [0.15, 0.2) is 0 Å².